The Morgan fingerprint density at radius 2 is 2.13 bits per heavy atom. The van der Waals surface area contributed by atoms with Gasteiger partial charge in [-0.15, -0.1) is 11.8 Å². The van der Waals surface area contributed by atoms with Gasteiger partial charge in [0, 0.05) is 18.1 Å². The number of furan rings is 1. The summed E-state index contributed by atoms with van der Waals surface area (Å²) < 4.78 is 5.60. The molecule has 1 aromatic heterocycles. The minimum atomic E-state index is 0.435. The van der Waals surface area contributed by atoms with Gasteiger partial charge < -0.3 is 4.42 Å². The second kappa shape index (κ2) is 6.58. The van der Waals surface area contributed by atoms with Gasteiger partial charge in [-0.25, -0.2) is 0 Å². The second-order valence-corrected chi connectivity index (χ2v) is 4.71. The fourth-order valence-electron chi connectivity index (χ4n) is 1.31. The molecule has 0 saturated heterocycles. The Bertz CT molecular complexity index is 327. The molecule has 1 rings (SSSR count). The summed E-state index contributed by atoms with van der Waals surface area (Å²) in [7, 11) is 0. The van der Waals surface area contributed by atoms with Crippen LogP contribution in [0.15, 0.2) is 16.5 Å². The third-order valence-electron chi connectivity index (χ3n) is 2.30. The highest BCUT2D eigenvalue weighted by molar-refractivity contribution is 7.99. The molecular formula is C12H17NOS. The van der Waals surface area contributed by atoms with Gasteiger partial charge in [-0.2, -0.15) is 5.26 Å². The van der Waals surface area contributed by atoms with Crippen molar-refractivity contribution in [2.45, 2.75) is 44.1 Å². The summed E-state index contributed by atoms with van der Waals surface area (Å²) in [6.45, 7) is 4.20. The van der Waals surface area contributed by atoms with Crippen molar-refractivity contribution >= 4 is 11.8 Å². The molecule has 1 atom stereocenters. The van der Waals surface area contributed by atoms with E-state index < -0.39 is 0 Å². The third kappa shape index (κ3) is 4.01. The molecule has 2 nitrogen and oxygen atoms in total. The number of hydrogen-bond acceptors (Lipinski definition) is 3. The standard InChI is InChI=1S/C12H17NOS/c1-3-10-5-6-11(14-10)9-15-12(4-2)7-8-13/h5-6,12H,3-4,7,9H2,1-2H3. The van der Waals surface area contributed by atoms with Gasteiger partial charge in [-0.1, -0.05) is 13.8 Å². The smallest absolute Gasteiger partial charge is 0.114 e. The molecule has 0 aliphatic rings. The average molecular weight is 223 g/mol. The van der Waals surface area contributed by atoms with Crippen molar-refractivity contribution in [3.05, 3.63) is 23.7 Å². The number of nitrogens with zero attached hydrogens (tertiary/aromatic N) is 1. The highest BCUT2D eigenvalue weighted by atomic mass is 32.2. The Kier molecular flexibility index (Phi) is 5.34. The van der Waals surface area contributed by atoms with Gasteiger partial charge in [0.15, 0.2) is 0 Å². The van der Waals surface area contributed by atoms with Gasteiger partial charge in [0.25, 0.3) is 0 Å². The summed E-state index contributed by atoms with van der Waals surface area (Å²) >= 11 is 1.81. The molecule has 82 valence electrons. The van der Waals surface area contributed by atoms with Crippen LogP contribution in [0.5, 0.6) is 0 Å². The summed E-state index contributed by atoms with van der Waals surface area (Å²) in [5, 5.41) is 9.06. The highest BCUT2D eigenvalue weighted by Gasteiger charge is 2.08. The zero-order valence-electron chi connectivity index (χ0n) is 9.32. The zero-order chi connectivity index (χ0) is 11.1. The minimum absolute atomic E-state index is 0.435. The van der Waals surface area contributed by atoms with E-state index >= 15 is 0 Å². The number of thioether (sulfide) groups is 1. The monoisotopic (exact) mass is 223 g/mol. The molecule has 0 spiro atoms. The van der Waals surface area contributed by atoms with Crippen LogP contribution < -0.4 is 0 Å². The normalized spacial score (nSPS) is 12.3. The van der Waals surface area contributed by atoms with Gasteiger partial charge >= 0.3 is 0 Å². The van der Waals surface area contributed by atoms with Crippen molar-refractivity contribution in [2.24, 2.45) is 0 Å². The van der Waals surface area contributed by atoms with Crippen molar-refractivity contribution in [3.8, 4) is 6.07 Å². The fourth-order valence-corrected chi connectivity index (χ4v) is 2.30. The second-order valence-electron chi connectivity index (χ2n) is 3.43. The van der Waals surface area contributed by atoms with E-state index in [9.17, 15) is 0 Å². The lowest BCUT2D eigenvalue weighted by Gasteiger charge is -2.08. The van der Waals surface area contributed by atoms with E-state index in [1.807, 2.05) is 12.1 Å². The van der Waals surface area contributed by atoms with E-state index in [1.165, 1.54) is 0 Å². The highest BCUT2D eigenvalue weighted by Crippen LogP contribution is 2.23. The van der Waals surface area contributed by atoms with Gasteiger partial charge in [-0.3, -0.25) is 0 Å². The van der Waals surface area contributed by atoms with Crippen molar-refractivity contribution in [1.29, 1.82) is 5.26 Å². The van der Waals surface area contributed by atoms with E-state index in [0.717, 1.165) is 30.1 Å². The first-order valence-electron chi connectivity index (χ1n) is 5.36. The van der Waals surface area contributed by atoms with Gasteiger partial charge in [0.05, 0.1) is 11.8 Å². The number of hydrogen-bond donors (Lipinski definition) is 0. The molecule has 0 bridgehead atoms. The molecular weight excluding hydrogens is 206 g/mol. The summed E-state index contributed by atoms with van der Waals surface area (Å²) in [4.78, 5) is 0. The Morgan fingerprint density at radius 3 is 2.67 bits per heavy atom. The molecule has 0 saturated carbocycles. The molecule has 15 heavy (non-hydrogen) atoms. The third-order valence-corrected chi connectivity index (χ3v) is 3.72. The topological polar surface area (TPSA) is 36.9 Å². The van der Waals surface area contributed by atoms with Crippen LogP contribution >= 0.6 is 11.8 Å². The molecule has 1 unspecified atom stereocenters. The van der Waals surface area contributed by atoms with Crippen LogP contribution in [0.3, 0.4) is 0 Å². The lowest BCUT2D eigenvalue weighted by atomic mass is 10.3. The van der Waals surface area contributed by atoms with Gasteiger partial charge in [-0.05, 0) is 18.6 Å². The Balaban J connectivity index is 2.38. The number of rotatable bonds is 6. The van der Waals surface area contributed by atoms with Crippen molar-refractivity contribution in [2.75, 3.05) is 0 Å². The van der Waals surface area contributed by atoms with Crippen LogP contribution in [-0.2, 0) is 12.2 Å². The van der Waals surface area contributed by atoms with Crippen molar-refractivity contribution < 1.29 is 4.42 Å². The van der Waals surface area contributed by atoms with Crippen LogP contribution in [0, 0.1) is 11.3 Å². The first-order valence-corrected chi connectivity index (χ1v) is 6.41. The lowest BCUT2D eigenvalue weighted by Crippen LogP contribution is -1.99. The molecule has 0 aromatic carbocycles. The van der Waals surface area contributed by atoms with E-state index in [2.05, 4.69) is 19.9 Å². The zero-order valence-corrected chi connectivity index (χ0v) is 10.1. The molecule has 0 N–H and O–H groups in total. The molecule has 1 heterocycles. The van der Waals surface area contributed by atoms with Crippen LogP contribution in [0.4, 0.5) is 0 Å². The molecule has 0 fully saturated rings. The summed E-state index contributed by atoms with van der Waals surface area (Å²) in [6.07, 6.45) is 2.61. The number of aryl methyl sites for hydroxylation is 1. The van der Waals surface area contributed by atoms with E-state index in [0.29, 0.717) is 11.7 Å². The van der Waals surface area contributed by atoms with E-state index in [-0.39, 0.29) is 0 Å². The maximum atomic E-state index is 8.62. The minimum Gasteiger partial charge on any atom is -0.465 e. The summed E-state index contributed by atoms with van der Waals surface area (Å²) in [5.74, 6) is 2.94. The molecule has 0 amide bonds. The van der Waals surface area contributed by atoms with Gasteiger partial charge in [0.2, 0.25) is 0 Å². The van der Waals surface area contributed by atoms with Crippen LogP contribution in [0.2, 0.25) is 0 Å². The molecule has 0 aliphatic carbocycles. The summed E-state index contributed by atoms with van der Waals surface area (Å²) in [5.41, 5.74) is 0. The van der Waals surface area contributed by atoms with Crippen molar-refractivity contribution in [3.63, 3.8) is 0 Å². The number of nitriles is 1. The predicted octanol–water partition coefficient (Wildman–Crippen LogP) is 3.77. The quantitative estimate of drug-likeness (QED) is 0.736. The average Bonchev–Trinajstić information content (AvgIpc) is 2.72. The molecule has 0 aliphatic heterocycles. The lowest BCUT2D eigenvalue weighted by molar-refractivity contribution is 0.485. The molecule has 3 heteroatoms. The van der Waals surface area contributed by atoms with Crippen LogP contribution in [0.25, 0.3) is 0 Å². The van der Waals surface area contributed by atoms with Gasteiger partial charge in [0.1, 0.15) is 11.5 Å². The largest absolute Gasteiger partial charge is 0.465 e. The SMILES string of the molecule is CCc1ccc(CSC(CC)CC#N)o1. The first kappa shape index (κ1) is 12.2. The Morgan fingerprint density at radius 1 is 1.40 bits per heavy atom. The molecule has 1 aromatic rings. The maximum Gasteiger partial charge on any atom is 0.114 e. The fraction of sp³-hybridized carbons (Fsp3) is 0.583. The molecule has 0 radical (unpaired) electrons. The van der Waals surface area contributed by atoms with E-state index in [4.69, 9.17) is 9.68 Å². The predicted molar refractivity (Wildman–Crippen MR) is 63.7 cm³/mol. The Labute approximate surface area is 95.7 Å². The van der Waals surface area contributed by atoms with Crippen molar-refractivity contribution in [1.82, 2.24) is 0 Å². The van der Waals surface area contributed by atoms with Crippen LogP contribution in [0.1, 0.15) is 38.2 Å². The maximum absolute atomic E-state index is 8.62. The Hall–Kier alpha value is -0.880. The van der Waals surface area contributed by atoms with Crippen LogP contribution in [-0.4, -0.2) is 5.25 Å². The first-order chi connectivity index (χ1) is 7.30. The van der Waals surface area contributed by atoms with E-state index in [1.54, 1.807) is 11.8 Å². The summed E-state index contributed by atoms with van der Waals surface area (Å²) in [6, 6.07) is 6.28.